The molecule has 0 saturated carbocycles. The van der Waals surface area contributed by atoms with E-state index in [1.807, 2.05) is 24.3 Å². The Balaban J connectivity index is 1.46. The first kappa shape index (κ1) is 21.6. The Bertz CT molecular complexity index is 1560. The maximum atomic E-state index is 13.3. The van der Waals surface area contributed by atoms with E-state index in [-0.39, 0.29) is 17.3 Å². The molecule has 0 bridgehead atoms. The Morgan fingerprint density at radius 1 is 1.32 bits per heavy atom. The number of H-pyrrole nitrogens is 2. The number of aliphatic hydroxyl groups is 2. The van der Waals surface area contributed by atoms with E-state index in [0.29, 0.717) is 16.3 Å². The summed E-state index contributed by atoms with van der Waals surface area (Å²) in [7, 11) is 0. The number of nitrogens with two attached hydrogens (primary N) is 1. The predicted octanol–water partition coefficient (Wildman–Crippen LogP) is 1.67. The average molecular weight is 478 g/mol. The normalized spacial score (nSPS) is 12.9. The van der Waals surface area contributed by atoms with Crippen LogP contribution >= 0.6 is 11.5 Å². The van der Waals surface area contributed by atoms with E-state index in [9.17, 15) is 14.7 Å². The number of aromatic nitrogens is 4. The predicted molar refractivity (Wildman–Crippen MR) is 129 cm³/mol. The topological polar surface area (TPSA) is 174 Å². The molecule has 0 amide bonds. The molecule has 0 fully saturated rings. The Hall–Kier alpha value is -4.26. The SMILES string of the molecule is NC(=NC(O)CO)c1c(Nc2cncc(C(=O)n3ccc4c5cccc-5[nH]cc43)c2)s[nH]c1=O. The maximum absolute atomic E-state index is 13.3. The minimum atomic E-state index is -1.45. The summed E-state index contributed by atoms with van der Waals surface area (Å²) < 4.78 is 4.09. The molecule has 1 atom stereocenters. The van der Waals surface area contributed by atoms with Crippen molar-refractivity contribution in [2.75, 3.05) is 11.9 Å². The number of rotatable bonds is 6. The smallest absolute Gasteiger partial charge is 0.271 e. The summed E-state index contributed by atoms with van der Waals surface area (Å²) in [6, 6.07) is 9.41. The highest BCUT2D eigenvalue weighted by molar-refractivity contribution is 7.10. The van der Waals surface area contributed by atoms with Gasteiger partial charge in [0.25, 0.3) is 11.5 Å². The van der Waals surface area contributed by atoms with Crippen LogP contribution in [0.3, 0.4) is 0 Å². The molecule has 0 saturated heterocycles. The molecule has 0 spiro atoms. The number of pyridine rings is 2. The van der Waals surface area contributed by atoms with Crippen LogP contribution in [0.15, 0.2) is 64.9 Å². The highest BCUT2D eigenvalue weighted by Crippen LogP contribution is 2.31. The molecule has 0 radical (unpaired) electrons. The second-order valence-electron chi connectivity index (χ2n) is 7.43. The summed E-state index contributed by atoms with van der Waals surface area (Å²) in [6.45, 7) is -0.636. The molecular weight excluding hydrogens is 458 g/mol. The van der Waals surface area contributed by atoms with Gasteiger partial charge in [-0.3, -0.25) is 23.5 Å². The average Bonchev–Trinajstić information content (AvgIpc) is 3.56. The van der Waals surface area contributed by atoms with Crippen LogP contribution in [0.5, 0.6) is 0 Å². The number of amidine groups is 1. The standard InChI is InChI=1S/C22H19N7O4S/c23-19(27-17(31)10-30)18-20(32)28-34-21(18)26-12-6-11(7-24-8-12)22(33)29-5-4-14-13-2-1-3-15(13)25-9-16(14)29/h1-9,17,25-26,30-31H,10H2,(H2,23,27)(H,28,32). The van der Waals surface area contributed by atoms with E-state index in [0.717, 1.165) is 33.7 Å². The highest BCUT2D eigenvalue weighted by Gasteiger charge is 2.19. The third-order valence-corrected chi connectivity index (χ3v) is 6.06. The van der Waals surface area contributed by atoms with Crippen LogP contribution < -0.4 is 16.6 Å². The largest absolute Gasteiger partial charge is 0.392 e. The second-order valence-corrected chi connectivity index (χ2v) is 8.25. The number of aliphatic hydroxyl groups excluding tert-OH is 2. The molecule has 5 rings (SSSR count). The van der Waals surface area contributed by atoms with Crippen LogP contribution in [0.2, 0.25) is 0 Å². The van der Waals surface area contributed by atoms with Crippen molar-refractivity contribution in [2.24, 2.45) is 10.7 Å². The van der Waals surface area contributed by atoms with Gasteiger partial charge in [0.15, 0.2) is 6.23 Å². The Morgan fingerprint density at radius 2 is 2.18 bits per heavy atom. The summed E-state index contributed by atoms with van der Waals surface area (Å²) in [6.07, 6.45) is 5.01. The number of carbonyl (C=O) groups excluding carboxylic acids is 1. The molecule has 172 valence electrons. The first-order valence-corrected chi connectivity index (χ1v) is 11.0. The Kier molecular flexibility index (Phi) is 5.45. The fourth-order valence-electron chi connectivity index (χ4n) is 3.71. The number of anilines is 2. The van der Waals surface area contributed by atoms with Crippen molar-refractivity contribution in [1.82, 2.24) is 18.9 Å². The van der Waals surface area contributed by atoms with Crippen molar-refractivity contribution < 1.29 is 15.0 Å². The van der Waals surface area contributed by atoms with E-state index < -0.39 is 18.4 Å². The van der Waals surface area contributed by atoms with E-state index in [2.05, 4.69) is 24.7 Å². The van der Waals surface area contributed by atoms with Crippen molar-refractivity contribution in [3.05, 3.63) is 76.6 Å². The molecule has 1 aliphatic carbocycles. The van der Waals surface area contributed by atoms with Gasteiger partial charge in [-0.25, -0.2) is 4.99 Å². The zero-order valence-electron chi connectivity index (χ0n) is 17.5. The van der Waals surface area contributed by atoms with Crippen molar-refractivity contribution in [3.63, 3.8) is 0 Å². The molecule has 1 aliphatic heterocycles. The number of hydrogen-bond acceptors (Lipinski definition) is 8. The van der Waals surface area contributed by atoms with Gasteiger partial charge in [-0.05, 0) is 29.7 Å². The molecule has 4 heterocycles. The third-order valence-electron chi connectivity index (χ3n) is 5.27. The zero-order chi connectivity index (χ0) is 23.8. The number of nitrogens with one attached hydrogen (secondary N) is 3. The van der Waals surface area contributed by atoms with Gasteiger partial charge in [-0.1, -0.05) is 12.1 Å². The molecule has 7 N–H and O–H groups in total. The molecule has 0 aromatic carbocycles. The van der Waals surface area contributed by atoms with Gasteiger partial charge in [0.2, 0.25) is 0 Å². The van der Waals surface area contributed by atoms with Crippen LogP contribution in [-0.4, -0.2) is 53.7 Å². The molecule has 2 aliphatic rings. The summed E-state index contributed by atoms with van der Waals surface area (Å²) in [5.74, 6) is -0.513. The second kappa shape index (κ2) is 8.59. The van der Waals surface area contributed by atoms with Crippen LogP contribution in [0, 0.1) is 0 Å². The van der Waals surface area contributed by atoms with Gasteiger partial charge in [-0.2, -0.15) is 0 Å². The Labute approximate surface area is 195 Å². The van der Waals surface area contributed by atoms with Gasteiger partial charge < -0.3 is 26.2 Å². The van der Waals surface area contributed by atoms with Gasteiger partial charge in [0.05, 0.1) is 29.6 Å². The number of fused-ring (bicyclic) bond motifs is 3. The van der Waals surface area contributed by atoms with E-state index >= 15 is 0 Å². The molecule has 11 nitrogen and oxygen atoms in total. The lowest BCUT2D eigenvalue weighted by molar-refractivity contribution is 0.0964. The van der Waals surface area contributed by atoms with E-state index in [4.69, 9.17) is 10.8 Å². The molecule has 1 unspecified atom stereocenters. The zero-order valence-corrected chi connectivity index (χ0v) is 18.3. The molecular formula is C22H19N7O4S. The molecule has 3 aromatic heterocycles. The van der Waals surface area contributed by atoms with Crippen molar-refractivity contribution in [2.45, 2.75) is 6.23 Å². The number of aliphatic imine (C=N–C) groups is 1. The summed E-state index contributed by atoms with van der Waals surface area (Å²) >= 11 is 0.974. The van der Waals surface area contributed by atoms with Crippen molar-refractivity contribution in [3.8, 4) is 11.3 Å². The number of carbonyl (C=O) groups is 1. The van der Waals surface area contributed by atoms with Crippen LogP contribution in [0.25, 0.3) is 22.2 Å². The number of aromatic amines is 2. The van der Waals surface area contributed by atoms with Crippen molar-refractivity contribution in [1.29, 1.82) is 0 Å². The third kappa shape index (κ3) is 3.75. The van der Waals surface area contributed by atoms with Gasteiger partial charge in [0, 0.05) is 35.2 Å². The molecule has 34 heavy (non-hydrogen) atoms. The quantitative estimate of drug-likeness (QED) is 0.159. The lowest BCUT2D eigenvalue weighted by atomic mass is 10.1. The molecule has 3 aromatic rings. The Morgan fingerprint density at radius 3 is 3.00 bits per heavy atom. The van der Waals surface area contributed by atoms with Gasteiger partial charge >= 0.3 is 0 Å². The lowest BCUT2D eigenvalue weighted by Crippen LogP contribution is -2.25. The minimum absolute atomic E-state index is 0.0138. The van der Waals surface area contributed by atoms with Crippen LogP contribution in [-0.2, 0) is 0 Å². The molecule has 12 heteroatoms. The van der Waals surface area contributed by atoms with Crippen molar-refractivity contribution >= 4 is 44.9 Å². The van der Waals surface area contributed by atoms with E-state index in [1.165, 1.54) is 12.4 Å². The van der Waals surface area contributed by atoms with Crippen LogP contribution in [0.1, 0.15) is 15.9 Å². The lowest BCUT2D eigenvalue weighted by Gasteiger charge is -2.09. The summed E-state index contributed by atoms with van der Waals surface area (Å²) in [5.41, 5.74) is 8.87. The first-order valence-electron chi connectivity index (χ1n) is 10.1. The van der Waals surface area contributed by atoms with Gasteiger partial charge in [0.1, 0.15) is 16.4 Å². The highest BCUT2D eigenvalue weighted by atomic mass is 32.1. The first-order chi connectivity index (χ1) is 16.5. The fourth-order valence-corrected chi connectivity index (χ4v) is 4.47. The maximum Gasteiger partial charge on any atom is 0.271 e. The number of hydrogen-bond donors (Lipinski definition) is 6. The van der Waals surface area contributed by atoms with Gasteiger partial charge in [-0.15, -0.1) is 0 Å². The monoisotopic (exact) mass is 477 g/mol. The summed E-state index contributed by atoms with van der Waals surface area (Å²) in [4.78, 5) is 36.5. The fraction of sp³-hybridized carbons (Fsp3) is 0.0909. The minimum Gasteiger partial charge on any atom is -0.392 e. The summed E-state index contributed by atoms with van der Waals surface area (Å²) in [5, 5.41) is 22.8. The van der Waals surface area contributed by atoms with E-state index in [1.54, 1.807) is 23.0 Å². The van der Waals surface area contributed by atoms with Crippen LogP contribution in [0.4, 0.5) is 10.7 Å². The number of nitrogens with zero attached hydrogens (tertiary/aromatic N) is 3.